The van der Waals surface area contributed by atoms with E-state index in [1.165, 1.54) is 6.07 Å². The van der Waals surface area contributed by atoms with Crippen molar-refractivity contribution in [2.24, 2.45) is 0 Å². The van der Waals surface area contributed by atoms with Crippen LogP contribution in [0.1, 0.15) is 17.5 Å². The fraction of sp³-hybridized carbons (Fsp3) is 0.400. The average Bonchev–Trinajstić information content (AvgIpc) is 2.14. The van der Waals surface area contributed by atoms with E-state index in [0.29, 0.717) is 4.47 Å². The Kier molecular flexibility index (Phi) is 4.29. The molecular weight excluding hydrogens is 295 g/mol. The van der Waals surface area contributed by atoms with Crippen molar-refractivity contribution in [1.82, 2.24) is 0 Å². The van der Waals surface area contributed by atoms with Crippen LogP contribution < -0.4 is 0 Å². The van der Waals surface area contributed by atoms with Gasteiger partial charge < -0.3 is 0 Å². The molecule has 0 aliphatic carbocycles. The van der Waals surface area contributed by atoms with Gasteiger partial charge in [0.25, 0.3) is 0 Å². The molecule has 0 aromatic heterocycles. The summed E-state index contributed by atoms with van der Waals surface area (Å²) in [5, 5.41) is 0. The second-order valence-corrected chi connectivity index (χ2v) is 4.09. The Hall–Kier alpha value is -0.650. The quantitative estimate of drug-likeness (QED) is 0.712. The van der Waals surface area contributed by atoms with E-state index in [0.717, 1.165) is 12.1 Å². The molecule has 0 heterocycles. The van der Waals surface area contributed by atoms with Gasteiger partial charge >= 0.3 is 6.18 Å². The number of halogens is 6. The summed E-state index contributed by atoms with van der Waals surface area (Å²) in [4.78, 5) is 0. The molecule has 16 heavy (non-hydrogen) atoms. The van der Waals surface area contributed by atoms with Gasteiger partial charge in [-0.1, -0.05) is 15.9 Å². The van der Waals surface area contributed by atoms with E-state index in [-0.39, 0.29) is 12.0 Å². The first-order chi connectivity index (χ1) is 7.30. The fourth-order valence-corrected chi connectivity index (χ4v) is 1.65. The highest BCUT2D eigenvalue weighted by atomic mass is 79.9. The molecule has 6 heteroatoms. The molecular formula is C10H8BrF5. The Morgan fingerprint density at radius 3 is 2.31 bits per heavy atom. The van der Waals surface area contributed by atoms with Crippen LogP contribution in [-0.4, -0.2) is 6.43 Å². The van der Waals surface area contributed by atoms with Crippen molar-refractivity contribution in [2.75, 3.05) is 0 Å². The maximum absolute atomic E-state index is 12.3. The maximum atomic E-state index is 12.3. The SMILES string of the molecule is FC(F)CCc1cc(C(F)(F)F)ccc1Br. The first kappa shape index (κ1) is 13.4. The zero-order chi connectivity index (χ0) is 12.3. The average molecular weight is 303 g/mol. The van der Waals surface area contributed by atoms with Crippen LogP contribution >= 0.6 is 15.9 Å². The first-order valence-electron chi connectivity index (χ1n) is 4.44. The summed E-state index contributed by atoms with van der Waals surface area (Å²) in [7, 11) is 0. The van der Waals surface area contributed by atoms with Gasteiger partial charge in [0.15, 0.2) is 0 Å². The van der Waals surface area contributed by atoms with Gasteiger partial charge in [0.1, 0.15) is 0 Å². The molecule has 0 radical (unpaired) electrons. The van der Waals surface area contributed by atoms with Gasteiger partial charge in [-0.25, -0.2) is 8.78 Å². The number of benzene rings is 1. The Labute approximate surface area is 97.6 Å². The van der Waals surface area contributed by atoms with E-state index in [1.807, 2.05) is 0 Å². The molecule has 0 N–H and O–H groups in total. The van der Waals surface area contributed by atoms with Crippen LogP contribution in [0, 0.1) is 0 Å². The Balaban J connectivity index is 2.91. The highest BCUT2D eigenvalue weighted by molar-refractivity contribution is 9.10. The number of hydrogen-bond acceptors (Lipinski definition) is 0. The number of aryl methyl sites for hydroxylation is 1. The molecule has 0 fully saturated rings. The van der Waals surface area contributed by atoms with Gasteiger partial charge in [-0.3, -0.25) is 0 Å². The zero-order valence-corrected chi connectivity index (χ0v) is 9.58. The van der Waals surface area contributed by atoms with E-state index < -0.39 is 24.6 Å². The van der Waals surface area contributed by atoms with Crippen molar-refractivity contribution in [3.63, 3.8) is 0 Å². The summed E-state index contributed by atoms with van der Waals surface area (Å²) in [6.07, 6.45) is -7.48. The van der Waals surface area contributed by atoms with Crippen molar-refractivity contribution in [1.29, 1.82) is 0 Å². The standard InChI is InChI=1S/C10H8BrF5/c11-8-3-2-7(10(14,15)16)5-6(8)1-4-9(12)13/h2-3,5,9H,1,4H2. The molecule has 0 aliphatic heterocycles. The summed E-state index contributed by atoms with van der Waals surface area (Å²) >= 11 is 3.04. The van der Waals surface area contributed by atoms with E-state index in [2.05, 4.69) is 15.9 Å². The number of hydrogen-bond donors (Lipinski definition) is 0. The van der Waals surface area contributed by atoms with Gasteiger partial charge in [0, 0.05) is 10.9 Å². The van der Waals surface area contributed by atoms with Crippen LogP contribution in [0.4, 0.5) is 22.0 Å². The van der Waals surface area contributed by atoms with E-state index in [9.17, 15) is 22.0 Å². The van der Waals surface area contributed by atoms with Gasteiger partial charge in [0.2, 0.25) is 6.43 Å². The fourth-order valence-electron chi connectivity index (χ4n) is 1.21. The molecule has 0 bridgehead atoms. The lowest BCUT2D eigenvalue weighted by Gasteiger charge is -2.10. The molecule has 0 nitrogen and oxygen atoms in total. The molecule has 0 spiro atoms. The minimum absolute atomic E-state index is 0.0812. The monoisotopic (exact) mass is 302 g/mol. The van der Waals surface area contributed by atoms with Crippen LogP contribution in [0.3, 0.4) is 0 Å². The third-order valence-electron chi connectivity index (χ3n) is 2.00. The van der Waals surface area contributed by atoms with Crippen LogP contribution in [0.25, 0.3) is 0 Å². The van der Waals surface area contributed by atoms with Crippen molar-refractivity contribution in [3.8, 4) is 0 Å². The van der Waals surface area contributed by atoms with Gasteiger partial charge in [0.05, 0.1) is 5.56 Å². The predicted octanol–water partition coefficient (Wildman–Crippen LogP) is 4.67. The van der Waals surface area contributed by atoms with E-state index in [1.54, 1.807) is 0 Å². The van der Waals surface area contributed by atoms with Crippen molar-refractivity contribution in [3.05, 3.63) is 33.8 Å². The van der Waals surface area contributed by atoms with Gasteiger partial charge in [-0.2, -0.15) is 13.2 Å². The topological polar surface area (TPSA) is 0 Å². The van der Waals surface area contributed by atoms with E-state index >= 15 is 0 Å². The molecule has 0 atom stereocenters. The number of alkyl halides is 5. The number of rotatable bonds is 3. The largest absolute Gasteiger partial charge is 0.416 e. The summed E-state index contributed by atoms with van der Waals surface area (Å²) in [6.45, 7) is 0. The molecule has 0 amide bonds. The van der Waals surface area contributed by atoms with Crippen LogP contribution in [0.15, 0.2) is 22.7 Å². The van der Waals surface area contributed by atoms with Gasteiger partial charge in [-0.05, 0) is 30.2 Å². The van der Waals surface area contributed by atoms with Gasteiger partial charge in [-0.15, -0.1) is 0 Å². The molecule has 90 valence electrons. The van der Waals surface area contributed by atoms with Crippen molar-refractivity contribution < 1.29 is 22.0 Å². The molecule has 0 aliphatic rings. The molecule has 1 aromatic rings. The minimum Gasteiger partial charge on any atom is -0.211 e. The normalized spacial score (nSPS) is 12.2. The third kappa shape index (κ3) is 3.73. The molecule has 1 aromatic carbocycles. The smallest absolute Gasteiger partial charge is 0.211 e. The highest BCUT2D eigenvalue weighted by Gasteiger charge is 2.30. The third-order valence-corrected chi connectivity index (χ3v) is 2.78. The van der Waals surface area contributed by atoms with Crippen molar-refractivity contribution in [2.45, 2.75) is 25.4 Å². The summed E-state index contributed by atoms with van der Waals surface area (Å²) in [6, 6.07) is 3.03. The van der Waals surface area contributed by atoms with Crippen molar-refractivity contribution >= 4 is 15.9 Å². The molecule has 0 unspecified atom stereocenters. The summed E-state index contributed by atoms with van der Waals surface area (Å²) < 4.78 is 61.3. The molecule has 0 saturated heterocycles. The first-order valence-corrected chi connectivity index (χ1v) is 5.24. The Morgan fingerprint density at radius 1 is 1.19 bits per heavy atom. The summed E-state index contributed by atoms with van der Waals surface area (Å²) in [5.74, 6) is 0. The lowest BCUT2D eigenvalue weighted by atomic mass is 10.1. The molecule has 0 saturated carbocycles. The lowest BCUT2D eigenvalue weighted by Crippen LogP contribution is -2.06. The Bertz CT molecular complexity index is 359. The van der Waals surface area contributed by atoms with Crippen LogP contribution in [0.5, 0.6) is 0 Å². The van der Waals surface area contributed by atoms with E-state index in [4.69, 9.17) is 0 Å². The second-order valence-electron chi connectivity index (χ2n) is 3.23. The van der Waals surface area contributed by atoms with Crippen LogP contribution in [-0.2, 0) is 12.6 Å². The lowest BCUT2D eigenvalue weighted by molar-refractivity contribution is -0.137. The maximum Gasteiger partial charge on any atom is 0.416 e. The molecule has 1 rings (SSSR count). The zero-order valence-electron chi connectivity index (χ0n) is 7.99. The predicted molar refractivity (Wildman–Crippen MR) is 53.5 cm³/mol. The van der Waals surface area contributed by atoms with Crippen LogP contribution in [0.2, 0.25) is 0 Å². The summed E-state index contributed by atoms with van der Waals surface area (Å²) in [5.41, 5.74) is -0.574. The minimum atomic E-state index is -4.44. The highest BCUT2D eigenvalue weighted by Crippen LogP contribution is 2.32. The Morgan fingerprint density at radius 2 is 1.81 bits per heavy atom. The second kappa shape index (κ2) is 5.12.